The molecule has 1 aromatic heterocycles. The van der Waals surface area contributed by atoms with Crippen molar-refractivity contribution in [3.05, 3.63) is 18.2 Å². The highest BCUT2D eigenvalue weighted by Crippen LogP contribution is 2.12. The van der Waals surface area contributed by atoms with E-state index in [0.717, 1.165) is 6.54 Å². The Hall–Kier alpha value is -0.870. The minimum absolute atomic E-state index is 0.492. The van der Waals surface area contributed by atoms with Crippen molar-refractivity contribution < 1.29 is 0 Å². The minimum Gasteiger partial charge on any atom is -0.331 e. The number of rotatable bonds is 5. The second-order valence-corrected chi connectivity index (χ2v) is 5.48. The summed E-state index contributed by atoms with van der Waals surface area (Å²) in [4.78, 5) is 6.77. The molecule has 0 bridgehead atoms. The van der Waals surface area contributed by atoms with Crippen molar-refractivity contribution >= 4 is 0 Å². The summed E-state index contributed by atoms with van der Waals surface area (Å²) in [7, 11) is 0. The molecular formula is C14H26N4. The summed E-state index contributed by atoms with van der Waals surface area (Å²) in [6, 6.07) is 1.16. The van der Waals surface area contributed by atoms with Crippen LogP contribution >= 0.6 is 0 Å². The summed E-state index contributed by atoms with van der Waals surface area (Å²) in [5.74, 6) is 0. The van der Waals surface area contributed by atoms with Gasteiger partial charge in [0.25, 0.3) is 0 Å². The molecule has 1 aliphatic rings. The van der Waals surface area contributed by atoms with Gasteiger partial charge in [-0.05, 0) is 46.3 Å². The Morgan fingerprint density at radius 2 is 2.11 bits per heavy atom. The highest BCUT2D eigenvalue weighted by atomic mass is 15.1. The fourth-order valence-electron chi connectivity index (χ4n) is 2.64. The molecule has 2 heterocycles. The normalized spacial score (nSPS) is 18.7. The number of imidazole rings is 1. The standard InChI is InChI=1S/C14H26N4/c1-4-17-7-5-13(6-8-17)16-10-14-9-15-11-18(14)12(2)3/h9,11-13,16H,4-8,10H2,1-3H3. The molecule has 102 valence electrons. The highest BCUT2D eigenvalue weighted by molar-refractivity contribution is 5.00. The maximum absolute atomic E-state index is 4.25. The molecule has 0 saturated carbocycles. The molecule has 1 saturated heterocycles. The van der Waals surface area contributed by atoms with Gasteiger partial charge in [-0.3, -0.25) is 0 Å². The van der Waals surface area contributed by atoms with Gasteiger partial charge in [-0.1, -0.05) is 6.92 Å². The van der Waals surface area contributed by atoms with Crippen LogP contribution in [0.5, 0.6) is 0 Å². The summed E-state index contributed by atoms with van der Waals surface area (Å²) in [5.41, 5.74) is 1.29. The van der Waals surface area contributed by atoms with E-state index in [-0.39, 0.29) is 0 Å². The molecule has 0 aromatic carbocycles. The topological polar surface area (TPSA) is 33.1 Å². The summed E-state index contributed by atoms with van der Waals surface area (Å²) in [5, 5.41) is 3.68. The molecule has 0 amide bonds. The number of piperidine rings is 1. The zero-order chi connectivity index (χ0) is 13.0. The molecule has 4 nitrogen and oxygen atoms in total. The highest BCUT2D eigenvalue weighted by Gasteiger charge is 2.17. The lowest BCUT2D eigenvalue weighted by Crippen LogP contribution is -2.42. The van der Waals surface area contributed by atoms with Crippen molar-refractivity contribution in [1.82, 2.24) is 19.8 Å². The van der Waals surface area contributed by atoms with E-state index >= 15 is 0 Å². The Balaban J connectivity index is 1.80. The number of aromatic nitrogens is 2. The molecule has 1 N–H and O–H groups in total. The molecule has 4 heteroatoms. The first-order valence-electron chi connectivity index (χ1n) is 7.17. The number of likely N-dealkylation sites (tertiary alicyclic amines) is 1. The van der Waals surface area contributed by atoms with E-state index in [4.69, 9.17) is 0 Å². The van der Waals surface area contributed by atoms with Gasteiger partial charge in [0.05, 0.1) is 12.0 Å². The SMILES string of the molecule is CCN1CCC(NCc2cncn2C(C)C)CC1. The molecule has 0 aliphatic carbocycles. The maximum atomic E-state index is 4.25. The third-order valence-electron chi connectivity index (χ3n) is 3.91. The Morgan fingerprint density at radius 1 is 1.39 bits per heavy atom. The largest absolute Gasteiger partial charge is 0.331 e. The van der Waals surface area contributed by atoms with Crippen LogP contribution in [0.3, 0.4) is 0 Å². The lowest BCUT2D eigenvalue weighted by Gasteiger charge is -2.31. The first-order chi connectivity index (χ1) is 8.70. The van der Waals surface area contributed by atoms with Gasteiger partial charge < -0.3 is 14.8 Å². The van der Waals surface area contributed by atoms with Gasteiger partial charge in [0.2, 0.25) is 0 Å². The van der Waals surface area contributed by atoms with Crippen molar-refractivity contribution in [2.45, 2.75) is 52.2 Å². The van der Waals surface area contributed by atoms with E-state index < -0.39 is 0 Å². The Kier molecular flexibility index (Phi) is 4.78. The summed E-state index contributed by atoms with van der Waals surface area (Å²) < 4.78 is 2.24. The van der Waals surface area contributed by atoms with Crippen LogP contribution in [0.1, 0.15) is 45.3 Å². The monoisotopic (exact) mass is 250 g/mol. The molecule has 0 radical (unpaired) electrons. The van der Waals surface area contributed by atoms with Crippen LogP contribution in [0.4, 0.5) is 0 Å². The fraction of sp³-hybridized carbons (Fsp3) is 0.786. The van der Waals surface area contributed by atoms with Crippen LogP contribution in [0.15, 0.2) is 12.5 Å². The van der Waals surface area contributed by atoms with Crippen LogP contribution in [0.25, 0.3) is 0 Å². The third-order valence-corrected chi connectivity index (χ3v) is 3.91. The molecule has 18 heavy (non-hydrogen) atoms. The van der Waals surface area contributed by atoms with Gasteiger partial charge in [0, 0.05) is 24.8 Å². The lowest BCUT2D eigenvalue weighted by molar-refractivity contribution is 0.205. The minimum atomic E-state index is 0.492. The zero-order valence-corrected chi connectivity index (χ0v) is 11.9. The predicted molar refractivity (Wildman–Crippen MR) is 74.6 cm³/mol. The average Bonchev–Trinajstić information content (AvgIpc) is 2.85. The first kappa shape index (κ1) is 13.6. The van der Waals surface area contributed by atoms with Crippen molar-refractivity contribution in [2.24, 2.45) is 0 Å². The van der Waals surface area contributed by atoms with E-state index in [2.05, 4.69) is 40.5 Å². The number of nitrogens with zero attached hydrogens (tertiary/aromatic N) is 3. The van der Waals surface area contributed by atoms with Crippen LogP contribution in [0, 0.1) is 0 Å². The molecule has 0 unspecified atom stereocenters. The first-order valence-corrected chi connectivity index (χ1v) is 7.17. The van der Waals surface area contributed by atoms with Gasteiger partial charge in [-0.25, -0.2) is 4.98 Å². The van der Waals surface area contributed by atoms with Gasteiger partial charge in [-0.15, -0.1) is 0 Å². The van der Waals surface area contributed by atoms with Crippen LogP contribution in [-0.2, 0) is 6.54 Å². The second kappa shape index (κ2) is 6.34. The van der Waals surface area contributed by atoms with Crippen LogP contribution < -0.4 is 5.32 Å². The Morgan fingerprint density at radius 3 is 2.72 bits per heavy atom. The Labute approximate surface area is 110 Å². The second-order valence-electron chi connectivity index (χ2n) is 5.48. The quantitative estimate of drug-likeness (QED) is 0.868. The molecular weight excluding hydrogens is 224 g/mol. The van der Waals surface area contributed by atoms with Crippen molar-refractivity contribution in [1.29, 1.82) is 0 Å². The molecule has 0 atom stereocenters. The molecule has 2 rings (SSSR count). The van der Waals surface area contributed by atoms with E-state index in [1.165, 1.54) is 38.2 Å². The van der Waals surface area contributed by atoms with Crippen molar-refractivity contribution in [3.63, 3.8) is 0 Å². The smallest absolute Gasteiger partial charge is 0.0951 e. The number of hydrogen-bond donors (Lipinski definition) is 1. The zero-order valence-electron chi connectivity index (χ0n) is 11.9. The fourth-order valence-corrected chi connectivity index (χ4v) is 2.64. The van der Waals surface area contributed by atoms with Gasteiger partial charge >= 0.3 is 0 Å². The van der Waals surface area contributed by atoms with Gasteiger partial charge in [-0.2, -0.15) is 0 Å². The predicted octanol–water partition coefficient (Wildman–Crippen LogP) is 2.04. The van der Waals surface area contributed by atoms with Gasteiger partial charge in [0.1, 0.15) is 0 Å². The molecule has 1 aromatic rings. The molecule has 0 spiro atoms. The van der Waals surface area contributed by atoms with E-state index in [1.807, 2.05) is 12.5 Å². The van der Waals surface area contributed by atoms with E-state index in [1.54, 1.807) is 0 Å². The summed E-state index contributed by atoms with van der Waals surface area (Å²) >= 11 is 0. The molecule has 1 aliphatic heterocycles. The summed E-state index contributed by atoms with van der Waals surface area (Å²) in [6.07, 6.45) is 6.45. The number of nitrogens with one attached hydrogen (secondary N) is 1. The van der Waals surface area contributed by atoms with Crippen molar-refractivity contribution in [2.75, 3.05) is 19.6 Å². The van der Waals surface area contributed by atoms with Crippen LogP contribution in [-0.4, -0.2) is 40.1 Å². The maximum Gasteiger partial charge on any atom is 0.0951 e. The lowest BCUT2D eigenvalue weighted by atomic mass is 10.1. The summed E-state index contributed by atoms with van der Waals surface area (Å²) in [6.45, 7) is 11.2. The molecule has 1 fully saturated rings. The van der Waals surface area contributed by atoms with Crippen LogP contribution in [0.2, 0.25) is 0 Å². The average molecular weight is 250 g/mol. The van der Waals surface area contributed by atoms with E-state index in [9.17, 15) is 0 Å². The van der Waals surface area contributed by atoms with Gasteiger partial charge in [0.15, 0.2) is 0 Å². The van der Waals surface area contributed by atoms with Crippen molar-refractivity contribution in [3.8, 4) is 0 Å². The Bertz CT molecular complexity index is 350. The third kappa shape index (κ3) is 3.33. The van der Waals surface area contributed by atoms with E-state index in [0.29, 0.717) is 12.1 Å². The number of hydrogen-bond acceptors (Lipinski definition) is 3.